The number of allylic oxidation sites excluding steroid dienone is 6. The van der Waals surface area contributed by atoms with Crippen LogP contribution in [0.2, 0.25) is 0 Å². The molecule has 0 atom stereocenters. The van der Waals surface area contributed by atoms with Gasteiger partial charge in [-0.05, 0) is 76.0 Å². The van der Waals surface area contributed by atoms with Crippen molar-refractivity contribution in [2.75, 3.05) is 13.2 Å². The van der Waals surface area contributed by atoms with Crippen LogP contribution in [0, 0.1) is 11.8 Å². The minimum absolute atomic E-state index is 0.475. The van der Waals surface area contributed by atoms with Gasteiger partial charge in [-0.3, -0.25) is 0 Å². The molecule has 0 spiro atoms. The second-order valence-electron chi connectivity index (χ2n) is 9.03. The average molecular weight is 415 g/mol. The van der Waals surface area contributed by atoms with E-state index < -0.39 is 0 Å². The Kier molecular flexibility index (Phi) is 13.9. The summed E-state index contributed by atoms with van der Waals surface area (Å²) in [5.41, 5.74) is 0. The van der Waals surface area contributed by atoms with Crippen molar-refractivity contribution >= 4 is 0 Å². The van der Waals surface area contributed by atoms with Crippen LogP contribution in [0.1, 0.15) is 90.9 Å². The molecule has 2 saturated carbocycles. The monoisotopic (exact) mass is 414 g/mol. The molecule has 170 valence electrons. The molecule has 0 heterocycles. The zero-order valence-corrected chi connectivity index (χ0v) is 19.6. The molecule has 0 aliphatic heterocycles. The number of hydrogen-bond donors (Lipinski definition) is 0. The van der Waals surface area contributed by atoms with E-state index in [0.717, 1.165) is 37.9 Å². The highest BCUT2D eigenvalue weighted by molar-refractivity contribution is 5.03. The fourth-order valence-electron chi connectivity index (χ4n) is 4.79. The third-order valence-corrected chi connectivity index (χ3v) is 6.64. The Morgan fingerprint density at radius 2 is 0.900 bits per heavy atom. The topological polar surface area (TPSA) is 18.5 Å². The van der Waals surface area contributed by atoms with Gasteiger partial charge < -0.3 is 9.47 Å². The Hall–Kier alpha value is -1.12. The smallest absolute Gasteiger partial charge is 0.0654 e. The molecule has 2 heteroatoms. The second kappa shape index (κ2) is 16.6. The molecule has 2 nitrogen and oxygen atoms in total. The third kappa shape index (κ3) is 10.8. The lowest BCUT2D eigenvalue weighted by Crippen LogP contribution is -2.30. The number of rotatable bonds is 13. The van der Waals surface area contributed by atoms with Crippen molar-refractivity contribution in [3.63, 3.8) is 0 Å². The minimum atomic E-state index is 0.475. The summed E-state index contributed by atoms with van der Waals surface area (Å²) in [4.78, 5) is 0. The van der Waals surface area contributed by atoms with E-state index in [0.29, 0.717) is 12.2 Å². The van der Waals surface area contributed by atoms with Crippen molar-refractivity contribution < 1.29 is 9.47 Å². The van der Waals surface area contributed by atoms with Gasteiger partial charge in [-0.15, -0.1) is 0 Å². The fraction of sp³-hybridized carbons (Fsp3) is 0.714. The quantitative estimate of drug-likeness (QED) is 0.285. The first-order valence-corrected chi connectivity index (χ1v) is 12.7. The lowest BCUT2D eigenvalue weighted by molar-refractivity contribution is 0.00196. The first-order chi connectivity index (χ1) is 14.8. The molecule has 0 amide bonds. The highest BCUT2D eigenvalue weighted by atomic mass is 16.5. The van der Waals surface area contributed by atoms with Gasteiger partial charge in [0.25, 0.3) is 0 Å². The molecule has 0 aromatic carbocycles. The molecule has 2 fully saturated rings. The molecule has 2 aliphatic rings. The summed E-state index contributed by atoms with van der Waals surface area (Å²) >= 11 is 0. The van der Waals surface area contributed by atoms with Crippen LogP contribution in [0.15, 0.2) is 48.6 Å². The van der Waals surface area contributed by atoms with Gasteiger partial charge in [0.1, 0.15) is 0 Å². The standard InChI is InChI=1S/C28H46O2/c1-3-5-7-9-11-13-23-29-27-19-15-25(16-20-27)26-17-21-28(22-18-26)30-24-14-12-10-8-6-4-2/h7-14,25-28H,3-6,15-24H2,1-2H3/b9-7+,10-8+,13-11+,14-12+/t25-,26?,27-,28?. The highest BCUT2D eigenvalue weighted by Gasteiger charge is 2.31. The van der Waals surface area contributed by atoms with Gasteiger partial charge in [-0.25, -0.2) is 0 Å². The van der Waals surface area contributed by atoms with Gasteiger partial charge in [0, 0.05) is 0 Å². The van der Waals surface area contributed by atoms with E-state index in [1.54, 1.807) is 0 Å². The predicted octanol–water partition coefficient (Wildman–Crippen LogP) is 7.96. The van der Waals surface area contributed by atoms with Crippen molar-refractivity contribution in [1.29, 1.82) is 0 Å². The van der Waals surface area contributed by atoms with E-state index in [2.05, 4.69) is 62.5 Å². The normalized spacial score (nSPS) is 28.5. The first-order valence-electron chi connectivity index (χ1n) is 12.7. The van der Waals surface area contributed by atoms with Gasteiger partial charge in [0.05, 0.1) is 25.4 Å². The molecular formula is C28H46O2. The molecule has 0 unspecified atom stereocenters. The van der Waals surface area contributed by atoms with Crippen molar-refractivity contribution in [2.45, 2.75) is 103 Å². The molecule has 0 N–H and O–H groups in total. The maximum Gasteiger partial charge on any atom is 0.0654 e. The summed E-state index contributed by atoms with van der Waals surface area (Å²) in [6, 6.07) is 0. The van der Waals surface area contributed by atoms with Crippen LogP contribution >= 0.6 is 0 Å². The molecule has 0 aromatic rings. The fourth-order valence-corrected chi connectivity index (χ4v) is 4.79. The van der Waals surface area contributed by atoms with Crippen molar-refractivity contribution in [3.8, 4) is 0 Å². The van der Waals surface area contributed by atoms with Crippen LogP contribution < -0.4 is 0 Å². The molecule has 0 aromatic heterocycles. The lowest BCUT2D eigenvalue weighted by atomic mass is 9.72. The Balaban J connectivity index is 1.53. The van der Waals surface area contributed by atoms with Crippen LogP contribution in [-0.2, 0) is 9.47 Å². The van der Waals surface area contributed by atoms with Crippen LogP contribution in [-0.4, -0.2) is 25.4 Å². The number of unbranched alkanes of at least 4 members (excludes halogenated alkanes) is 2. The van der Waals surface area contributed by atoms with Gasteiger partial charge >= 0.3 is 0 Å². The Morgan fingerprint density at radius 1 is 0.533 bits per heavy atom. The van der Waals surface area contributed by atoms with E-state index in [9.17, 15) is 0 Å². The van der Waals surface area contributed by atoms with Gasteiger partial charge in [-0.1, -0.05) is 75.3 Å². The summed E-state index contributed by atoms with van der Waals surface area (Å²) in [7, 11) is 0. The van der Waals surface area contributed by atoms with Crippen LogP contribution in [0.3, 0.4) is 0 Å². The molecular weight excluding hydrogens is 368 g/mol. The molecule has 0 bridgehead atoms. The second-order valence-corrected chi connectivity index (χ2v) is 9.03. The van der Waals surface area contributed by atoms with E-state index in [1.807, 2.05) is 0 Å². The average Bonchev–Trinajstić information content (AvgIpc) is 2.79. The highest BCUT2D eigenvalue weighted by Crippen LogP contribution is 2.39. The summed E-state index contributed by atoms with van der Waals surface area (Å²) in [5.74, 6) is 1.84. The Morgan fingerprint density at radius 3 is 1.27 bits per heavy atom. The zero-order chi connectivity index (χ0) is 21.3. The first kappa shape index (κ1) is 25.1. The number of ether oxygens (including phenoxy) is 2. The van der Waals surface area contributed by atoms with Crippen molar-refractivity contribution in [2.24, 2.45) is 11.8 Å². The third-order valence-electron chi connectivity index (χ3n) is 6.64. The number of hydrogen-bond acceptors (Lipinski definition) is 2. The predicted molar refractivity (Wildman–Crippen MR) is 130 cm³/mol. The van der Waals surface area contributed by atoms with E-state index >= 15 is 0 Å². The molecule has 2 rings (SSSR count). The van der Waals surface area contributed by atoms with Gasteiger partial charge in [-0.2, -0.15) is 0 Å². The Bertz CT molecular complexity index is 467. The Labute approximate surface area is 186 Å². The van der Waals surface area contributed by atoms with Crippen molar-refractivity contribution in [3.05, 3.63) is 48.6 Å². The van der Waals surface area contributed by atoms with Crippen LogP contribution in [0.5, 0.6) is 0 Å². The zero-order valence-electron chi connectivity index (χ0n) is 19.6. The van der Waals surface area contributed by atoms with Crippen LogP contribution in [0.4, 0.5) is 0 Å². The molecule has 0 radical (unpaired) electrons. The summed E-state index contributed by atoms with van der Waals surface area (Å²) in [5, 5.41) is 0. The maximum atomic E-state index is 6.08. The minimum Gasteiger partial charge on any atom is -0.374 e. The summed E-state index contributed by atoms with van der Waals surface area (Å²) in [6.07, 6.45) is 33.4. The molecule has 0 saturated heterocycles. The van der Waals surface area contributed by atoms with Gasteiger partial charge in [0.2, 0.25) is 0 Å². The van der Waals surface area contributed by atoms with Gasteiger partial charge in [0.15, 0.2) is 0 Å². The van der Waals surface area contributed by atoms with E-state index in [-0.39, 0.29) is 0 Å². The van der Waals surface area contributed by atoms with E-state index in [1.165, 1.54) is 64.2 Å². The molecule has 30 heavy (non-hydrogen) atoms. The summed E-state index contributed by atoms with van der Waals surface area (Å²) in [6.45, 7) is 5.94. The maximum absolute atomic E-state index is 6.08. The van der Waals surface area contributed by atoms with Crippen molar-refractivity contribution in [1.82, 2.24) is 0 Å². The largest absolute Gasteiger partial charge is 0.374 e. The van der Waals surface area contributed by atoms with E-state index in [4.69, 9.17) is 9.47 Å². The van der Waals surface area contributed by atoms with Crippen LogP contribution in [0.25, 0.3) is 0 Å². The SMILES string of the molecule is CCC/C=C/C=C/COC1CCC([C@H]2CC[C@H](OC/C=C/C=C/CCC)CC2)CC1. The molecule has 2 aliphatic carbocycles. The summed E-state index contributed by atoms with van der Waals surface area (Å²) < 4.78 is 12.2. The lowest BCUT2D eigenvalue weighted by Gasteiger charge is -2.37.